The number of hydrogen-bond acceptors (Lipinski definition) is 4. The first-order valence-electron chi connectivity index (χ1n) is 6.65. The van der Waals surface area contributed by atoms with E-state index in [2.05, 4.69) is 26.5 Å². The quantitative estimate of drug-likeness (QED) is 0.625. The zero-order chi connectivity index (χ0) is 10.8. The summed E-state index contributed by atoms with van der Waals surface area (Å²) >= 11 is 2.15. The highest BCUT2D eigenvalue weighted by Gasteiger charge is 2.31. The van der Waals surface area contributed by atoms with Crippen molar-refractivity contribution >= 4 is 11.8 Å². The van der Waals surface area contributed by atoms with Crippen molar-refractivity contribution in [3.8, 4) is 0 Å². The van der Waals surface area contributed by atoms with Gasteiger partial charge in [0.1, 0.15) is 0 Å². The second-order valence-electron chi connectivity index (χ2n) is 5.48. The van der Waals surface area contributed by atoms with Crippen molar-refractivity contribution < 1.29 is 0 Å². The average molecular weight is 241 g/mol. The molecule has 0 aromatic carbocycles. The van der Waals surface area contributed by atoms with Crippen LogP contribution in [0.1, 0.15) is 12.8 Å². The van der Waals surface area contributed by atoms with Crippen molar-refractivity contribution in [3.05, 3.63) is 0 Å². The normalized spacial score (nSPS) is 45.0. The number of nitrogens with zero attached hydrogens (tertiary/aromatic N) is 3. The molecular formula is C12H23N3S. The fraction of sp³-hybridized carbons (Fsp3) is 1.00. The highest BCUT2D eigenvalue weighted by molar-refractivity contribution is 7.99. The van der Waals surface area contributed by atoms with Crippen molar-refractivity contribution in [3.63, 3.8) is 0 Å². The van der Waals surface area contributed by atoms with E-state index in [1.54, 1.807) is 0 Å². The molecule has 0 aliphatic carbocycles. The Morgan fingerprint density at radius 3 is 1.88 bits per heavy atom. The first kappa shape index (κ1) is 11.3. The van der Waals surface area contributed by atoms with Crippen LogP contribution in [0.4, 0.5) is 0 Å². The molecule has 0 spiro atoms. The van der Waals surface area contributed by atoms with Crippen LogP contribution in [0.2, 0.25) is 0 Å². The van der Waals surface area contributed by atoms with Crippen LogP contribution in [0.5, 0.6) is 0 Å². The Morgan fingerprint density at radius 1 is 0.750 bits per heavy atom. The van der Waals surface area contributed by atoms with Crippen molar-refractivity contribution in [2.45, 2.75) is 12.8 Å². The highest BCUT2D eigenvalue weighted by atomic mass is 32.2. The Labute approximate surface area is 103 Å². The third-order valence-corrected chi connectivity index (χ3v) is 5.03. The SMILES string of the molecule is C1CSCCCN2CC3CN(C1)CN(C3)C2. The largest absolute Gasteiger partial charge is 0.290 e. The third-order valence-electron chi connectivity index (χ3n) is 3.88. The van der Waals surface area contributed by atoms with E-state index < -0.39 is 0 Å². The molecule has 0 N–H and O–H groups in total. The van der Waals surface area contributed by atoms with Crippen LogP contribution in [0.25, 0.3) is 0 Å². The summed E-state index contributed by atoms with van der Waals surface area (Å²) in [4.78, 5) is 7.99. The van der Waals surface area contributed by atoms with Gasteiger partial charge in [0, 0.05) is 32.7 Å². The van der Waals surface area contributed by atoms with Crippen molar-refractivity contribution in [1.29, 1.82) is 0 Å². The molecule has 4 aliphatic rings. The Bertz CT molecular complexity index is 198. The molecule has 4 rings (SSSR count). The van der Waals surface area contributed by atoms with Crippen LogP contribution in [0, 0.1) is 5.92 Å². The predicted molar refractivity (Wildman–Crippen MR) is 69.6 cm³/mol. The first-order chi connectivity index (χ1) is 7.90. The molecule has 2 atom stereocenters. The second-order valence-corrected chi connectivity index (χ2v) is 6.70. The molecule has 0 aromatic rings. The van der Waals surface area contributed by atoms with Crippen molar-refractivity contribution in [2.24, 2.45) is 5.92 Å². The summed E-state index contributed by atoms with van der Waals surface area (Å²) in [6.45, 7) is 9.12. The lowest BCUT2D eigenvalue weighted by atomic mass is 10.0. The Kier molecular flexibility index (Phi) is 3.72. The number of hydrogen-bond donors (Lipinski definition) is 0. The second kappa shape index (κ2) is 5.25. The van der Waals surface area contributed by atoms with Gasteiger partial charge in [-0.3, -0.25) is 14.7 Å². The smallest absolute Gasteiger partial charge is 0.0518 e. The predicted octanol–water partition coefficient (Wildman–Crippen LogP) is 0.978. The molecule has 4 heterocycles. The monoisotopic (exact) mass is 241 g/mol. The molecule has 3 nitrogen and oxygen atoms in total. The molecule has 0 radical (unpaired) electrons. The van der Waals surface area contributed by atoms with Crippen LogP contribution in [-0.2, 0) is 0 Å². The summed E-state index contributed by atoms with van der Waals surface area (Å²) in [5.41, 5.74) is 0. The van der Waals surface area contributed by atoms with E-state index in [4.69, 9.17) is 0 Å². The molecule has 0 saturated carbocycles. The maximum atomic E-state index is 2.67. The lowest BCUT2D eigenvalue weighted by molar-refractivity contribution is -0.0433. The molecule has 4 bridgehead atoms. The highest BCUT2D eigenvalue weighted by Crippen LogP contribution is 2.21. The molecule has 4 fully saturated rings. The minimum absolute atomic E-state index is 0.912. The number of fused-ring (bicyclic) bond motifs is 6. The summed E-state index contributed by atoms with van der Waals surface area (Å²) in [7, 11) is 0. The average Bonchev–Trinajstić information content (AvgIpc) is 2.25. The topological polar surface area (TPSA) is 9.72 Å². The minimum atomic E-state index is 0.912. The van der Waals surface area contributed by atoms with E-state index in [0.29, 0.717) is 0 Å². The summed E-state index contributed by atoms with van der Waals surface area (Å²) < 4.78 is 0. The van der Waals surface area contributed by atoms with E-state index >= 15 is 0 Å². The van der Waals surface area contributed by atoms with Gasteiger partial charge in [-0.25, -0.2) is 0 Å². The van der Waals surface area contributed by atoms with E-state index in [9.17, 15) is 0 Å². The van der Waals surface area contributed by atoms with Gasteiger partial charge in [0.25, 0.3) is 0 Å². The molecule has 2 unspecified atom stereocenters. The Morgan fingerprint density at radius 2 is 1.31 bits per heavy atom. The third kappa shape index (κ3) is 2.73. The van der Waals surface area contributed by atoms with E-state index in [0.717, 1.165) is 5.92 Å². The molecule has 0 amide bonds. The summed E-state index contributed by atoms with van der Waals surface area (Å²) in [6, 6.07) is 0. The zero-order valence-electron chi connectivity index (χ0n) is 10.1. The van der Waals surface area contributed by atoms with E-state index in [1.807, 2.05) is 0 Å². The molecule has 4 aliphatic heterocycles. The van der Waals surface area contributed by atoms with Gasteiger partial charge >= 0.3 is 0 Å². The van der Waals surface area contributed by atoms with Gasteiger partial charge < -0.3 is 0 Å². The van der Waals surface area contributed by atoms with Gasteiger partial charge in [0.15, 0.2) is 0 Å². The van der Waals surface area contributed by atoms with Crippen LogP contribution >= 0.6 is 11.8 Å². The van der Waals surface area contributed by atoms with Crippen molar-refractivity contribution in [2.75, 3.05) is 57.6 Å². The first-order valence-corrected chi connectivity index (χ1v) is 7.80. The lowest BCUT2D eigenvalue weighted by Gasteiger charge is -2.48. The molecular weight excluding hydrogens is 218 g/mol. The molecule has 16 heavy (non-hydrogen) atoms. The summed E-state index contributed by atoms with van der Waals surface area (Å²) in [5.74, 6) is 3.64. The maximum absolute atomic E-state index is 2.67. The van der Waals surface area contributed by atoms with E-state index in [1.165, 1.54) is 70.4 Å². The maximum Gasteiger partial charge on any atom is 0.0518 e. The molecule has 92 valence electrons. The van der Waals surface area contributed by atoms with Crippen LogP contribution in [-0.4, -0.2) is 72.3 Å². The van der Waals surface area contributed by atoms with Crippen LogP contribution < -0.4 is 0 Å². The number of rotatable bonds is 0. The van der Waals surface area contributed by atoms with E-state index in [-0.39, 0.29) is 0 Å². The minimum Gasteiger partial charge on any atom is -0.290 e. The standard InChI is InChI=1S/C12H23N3S/c1-3-13-7-12-8-14(4-2-6-16-5-1)11-15(9-12)10-13/h12H,1-11H2. The number of thioether (sulfide) groups is 1. The van der Waals surface area contributed by atoms with Gasteiger partial charge in [-0.15, -0.1) is 0 Å². The summed E-state index contributed by atoms with van der Waals surface area (Å²) in [5, 5.41) is 0. The van der Waals surface area contributed by atoms with Gasteiger partial charge in [-0.05, 0) is 30.3 Å². The van der Waals surface area contributed by atoms with Crippen LogP contribution in [0.15, 0.2) is 0 Å². The van der Waals surface area contributed by atoms with Gasteiger partial charge in [-0.1, -0.05) is 0 Å². The Balaban J connectivity index is 1.65. The van der Waals surface area contributed by atoms with Gasteiger partial charge in [0.05, 0.1) is 13.3 Å². The van der Waals surface area contributed by atoms with Crippen LogP contribution in [0.3, 0.4) is 0 Å². The fourth-order valence-corrected chi connectivity index (χ4v) is 4.19. The van der Waals surface area contributed by atoms with Gasteiger partial charge in [-0.2, -0.15) is 11.8 Å². The summed E-state index contributed by atoms with van der Waals surface area (Å²) in [6.07, 6.45) is 2.77. The molecule has 4 heteroatoms. The molecule has 0 aromatic heterocycles. The Hall–Kier alpha value is 0.230. The lowest BCUT2D eigenvalue weighted by Crippen LogP contribution is -2.60. The molecule has 4 saturated heterocycles. The fourth-order valence-electron chi connectivity index (χ4n) is 3.32. The van der Waals surface area contributed by atoms with Gasteiger partial charge in [0.2, 0.25) is 0 Å². The zero-order valence-corrected chi connectivity index (χ0v) is 10.9. The van der Waals surface area contributed by atoms with Crippen molar-refractivity contribution in [1.82, 2.24) is 14.7 Å².